The van der Waals surface area contributed by atoms with Crippen LogP contribution in [0.2, 0.25) is 0 Å². The van der Waals surface area contributed by atoms with Crippen molar-refractivity contribution >= 4 is 5.69 Å². The van der Waals surface area contributed by atoms with Crippen molar-refractivity contribution < 1.29 is 4.39 Å². The van der Waals surface area contributed by atoms with Crippen LogP contribution < -0.4 is 4.90 Å². The maximum atomic E-state index is 14.2. The molecule has 0 N–H and O–H groups in total. The van der Waals surface area contributed by atoms with E-state index in [4.69, 9.17) is 5.26 Å². The van der Waals surface area contributed by atoms with E-state index in [0.717, 1.165) is 18.9 Å². The number of nitriles is 1. The third-order valence-electron chi connectivity index (χ3n) is 4.63. The molecule has 3 rings (SSSR count). The molecule has 19 heavy (non-hydrogen) atoms. The van der Waals surface area contributed by atoms with Gasteiger partial charge in [0, 0.05) is 12.6 Å². The Morgan fingerprint density at radius 2 is 1.95 bits per heavy atom. The molecule has 100 valence electrons. The summed E-state index contributed by atoms with van der Waals surface area (Å²) in [6.45, 7) is 0.948. The maximum Gasteiger partial charge on any atom is 0.147 e. The summed E-state index contributed by atoms with van der Waals surface area (Å²) in [4.78, 5) is 2.25. The number of piperidine rings is 1. The molecule has 1 aliphatic heterocycles. The Labute approximate surface area is 113 Å². The minimum Gasteiger partial charge on any atom is -0.366 e. The van der Waals surface area contributed by atoms with Crippen molar-refractivity contribution in [3.8, 4) is 6.07 Å². The first-order chi connectivity index (χ1) is 9.29. The van der Waals surface area contributed by atoms with Crippen molar-refractivity contribution in [1.82, 2.24) is 0 Å². The van der Waals surface area contributed by atoms with Crippen molar-refractivity contribution in [1.29, 1.82) is 5.26 Å². The highest BCUT2D eigenvalue weighted by molar-refractivity contribution is 5.52. The number of nitrogens with zero attached hydrogens (tertiary/aromatic N) is 2. The van der Waals surface area contributed by atoms with Crippen LogP contribution in [0.1, 0.15) is 44.1 Å². The lowest BCUT2D eigenvalue weighted by Crippen LogP contribution is -2.47. The Hall–Kier alpha value is -1.56. The van der Waals surface area contributed by atoms with E-state index < -0.39 is 0 Å². The highest BCUT2D eigenvalue weighted by atomic mass is 19.1. The van der Waals surface area contributed by atoms with Crippen molar-refractivity contribution in [3.63, 3.8) is 0 Å². The van der Waals surface area contributed by atoms with Gasteiger partial charge in [-0.25, -0.2) is 4.39 Å². The predicted octanol–water partition coefficient (Wildman–Crippen LogP) is 3.86. The van der Waals surface area contributed by atoms with Crippen LogP contribution in [0, 0.1) is 23.1 Å². The third kappa shape index (κ3) is 2.32. The largest absolute Gasteiger partial charge is 0.366 e. The van der Waals surface area contributed by atoms with E-state index in [1.165, 1.54) is 38.2 Å². The van der Waals surface area contributed by atoms with Crippen molar-refractivity contribution in [2.75, 3.05) is 11.4 Å². The molecule has 0 aromatic heterocycles. The van der Waals surface area contributed by atoms with Crippen LogP contribution in [-0.2, 0) is 0 Å². The highest BCUT2D eigenvalue weighted by Gasteiger charge is 2.34. The SMILES string of the molecule is N#Cc1ccc(N2CCCC3CCCCC32)c(F)c1. The summed E-state index contributed by atoms with van der Waals surface area (Å²) in [5, 5.41) is 8.82. The van der Waals surface area contributed by atoms with Gasteiger partial charge in [-0.1, -0.05) is 12.8 Å². The van der Waals surface area contributed by atoms with Crippen LogP contribution in [0.15, 0.2) is 18.2 Å². The van der Waals surface area contributed by atoms with E-state index in [-0.39, 0.29) is 5.82 Å². The van der Waals surface area contributed by atoms with Crippen molar-refractivity contribution in [2.45, 2.75) is 44.6 Å². The average Bonchev–Trinajstić information content (AvgIpc) is 2.46. The van der Waals surface area contributed by atoms with E-state index in [1.54, 1.807) is 12.1 Å². The van der Waals surface area contributed by atoms with Gasteiger partial charge in [0.05, 0.1) is 17.3 Å². The molecule has 2 fully saturated rings. The van der Waals surface area contributed by atoms with Crippen LogP contribution in [0.4, 0.5) is 10.1 Å². The summed E-state index contributed by atoms with van der Waals surface area (Å²) >= 11 is 0. The topological polar surface area (TPSA) is 27.0 Å². The van der Waals surface area contributed by atoms with Crippen LogP contribution in [0.25, 0.3) is 0 Å². The number of benzene rings is 1. The monoisotopic (exact) mass is 258 g/mol. The first kappa shape index (κ1) is 12.5. The number of rotatable bonds is 1. The van der Waals surface area contributed by atoms with Gasteiger partial charge < -0.3 is 4.90 Å². The van der Waals surface area contributed by atoms with Crippen LogP contribution in [0.5, 0.6) is 0 Å². The molecule has 0 spiro atoms. The molecule has 0 amide bonds. The fourth-order valence-electron chi connectivity index (χ4n) is 3.73. The Balaban J connectivity index is 1.90. The van der Waals surface area contributed by atoms with E-state index >= 15 is 0 Å². The van der Waals surface area contributed by atoms with Gasteiger partial charge in [-0.3, -0.25) is 0 Å². The predicted molar refractivity (Wildman–Crippen MR) is 73.4 cm³/mol. The van der Waals surface area contributed by atoms with Crippen molar-refractivity contribution in [2.24, 2.45) is 5.92 Å². The molecule has 3 heteroatoms. The van der Waals surface area contributed by atoms with Gasteiger partial charge >= 0.3 is 0 Å². The summed E-state index contributed by atoms with van der Waals surface area (Å²) in [7, 11) is 0. The fourth-order valence-corrected chi connectivity index (χ4v) is 3.73. The Morgan fingerprint density at radius 1 is 1.16 bits per heavy atom. The van der Waals surface area contributed by atoms with Gasteiger partial charge in [-0.15, -0.1) is 0 Å². The number of anilines is 1. The number of hydrogen-bond acceptors (Lipinski definition) is 2. The molecule has 1 saturated carbocycles. The smallest absolute Gasteiger partial charge is 0.147 e. The Morgan fingerprint density at radius 3 is 2.74 bits per heavy atom. The average molecular weight is 258 g/mol. The molecule has 2 aliphatic rings. The minimum atomic E-state index is -0.245. The van der Waals surface area contributed by atoms with E-state index in [0.29, 0.717) is 17.3 Å². The minimum absolute atomic E-state index is 0.245. The summed E-state index contributed by atoms with van der Waals surface area (Å²) < 4.78 is 14.2. The second-order valence-electron chi connectivity index (χ2n) is 5.73. The normalized spacial score (nSPS) is 26.6. The lowest BCUT2D eigenvalue weighted by Gasteiger charge is -2.45. The summed E-state index contributed by atoms with van der Waals surface area (Å²) in [6.07, 6.45) is 7.50. The van der Waals surface area contributed by atoms with Gasteiger partial charge in [-0.05, 0) is 49.8 Å². The maximum absolute atomic E-state index is 14.2. The molecule has 1 aromatic carbocycles. The zero-order chi connectivity index (χ0) is 13.2. The molecule has 0 radical (unpaired) electrons. The summed E-state index contributed by atoms with van der Waals surface area (Å²) in [5.41, 5.74) is 1.09. The van der Waals surface area contributed by atoms with Gasteiger partial charge in [0.2, 0.25) is 0 Å². The number of halogens is 1. The third-order valence-corrected chi connectivity index (χ3v) is 4.63. The molecule has 1 aromatic rings. The van der Waals surface area contributed by atoms with E-state index in [9.17, 15) is 4.39 Å². The molecule has 1 saturated heterocycles. The van der Waals surface area contributed by atoms with Crippen LogP contribution in [-0.4, -0.2) is 12.6 Å². The van der Waals surface area contributed by atoms with Gasteiger partial charge in [-0.2, -0.15) is 5.26 Å². The zero-order valence-corrected chi connectivity index (χ0v) is 11.1. The highest BCUT2D eigenvalue weighted by Crippen LogP contribution is 2.38. The standard InChI is InChI=1S/C16H19FN2/c17-14-10-12(11-18)7-8-16(14)19-9-3-5-13-4-1-2-6-15(13)19/h7-8,10,13,15H,1-6,9H2. The van der Waals surface area contributed by atoms with Gasteiger partial charge in [0.15, 0.2) is 0 Å². The molecular weight excluding hydrogens is 239 g/mol. The summed E-state index contributed by atoms with van der Waals surface area (Å²) in [6, 6.07) is 7.37. The van der Waals surface area contributed by atoms with Crippen LogP contribution in [0.3, 0.4) is 0 Å². The van der Waals surface area contributed by atoms with E-state index in [2.05, 4.69) is 4.90 Å². The molecule has 1 aliphatic carbocycles. The Bertz CT molecular complexity index is 504. The molecule has 2 unspecified atom stereocenters. The number of hydrogen-bond donors (Lipinski definition) is 0. The first-order valence-corrected chi connectivity index (χ1v) is 7.26. The molecule has 0 bridgehead atoms. The van der Waals surface area contributed by atoms with Gasteiger partial charge in [0.25, 0.3) is 0 Å². The molecular formula is C16H19FN2. The molecule has 1 heterocycles. The lowest BCUT2D eigenvalue weighted by molar-refractivity contribution is 0.242. The molecule has 2 atom stereocenters. The van der Waals surface area contributed by atoms with Gasteiger partial charge in [0.1, 0.15) is 5.82 Å². The Kier molecular flexibility index (Phi) is 3.42. The lowest BCUT2D eigenvalue weighted by atomic mass is 9.78. The second-order valence-corrected chi connectivity index (χ2v) is 5.73. The zero-order valence-electron chi connectivity index (χ0n) is 11.1. The first-order valence-electron chi connectivity index (χ1n) is 7.26. The molecule has 2 nitrogen and oxygen atoms in total. The van der Waals surface area contributed by atoms with Crippen LogP contribution >= 0.6 is 0 Å². The quantitative estimate of drug-likeness (QED) is 0.765. The van der Waals surface area contributed by atoms with E-state index in [1.807, 2.05) is 6.07 Å². The fraction of sp³-hybridized carbons (Fsp3) is 0.562. The summed E-state index contributed by atoms with van der Waals surface area (Å²) in [5.74, 6) is 0.489. The second kappa shape index (κ2) is 5.21. The number of fused-ring (bicyclic) bond motifs is 1. The van der Waals surface area contributed by atoms with Crippen molar-refractivity contribution in [3.05, 3.63) is 29.6 Å².